The Morgan fingerprint density at radius 2 is 0.705 bits per heavy atom. The Balaban J connectivity index is 0.000000103. The number of pyridine rings is 5. The third-order valence-corrected chi connectivity index (χ3v) is 30.2. The molecule has 12 atom stereocenters. The standard InChI is InChI=1S/C20H23N5O2.C18H16N4O.C18H19N3O2.2C18H19N3O.C17H18N4O/c1-13-20(24-19(21)27-13)9-14-3-2-4-15(16(14)10-20)17-11-22-12-18(23-17)25-5-7-26-8-6-25;1-11-18(22-17(19)23-11)8-12-4-3-5-13(14(12)9-18)15-10-21-7-6-16(15)20-2;1-11-18(21-17(19)23-11)9-12-5-3-6-13(15(12)10-18)14-7-4-8-20-16(14)22-2;1-11-6-14(10-20-9-11)15-5-3-4-13-7-18(8-16(13)15)12(2)22-17(19)21-18;1-11-6-7-20-10-16(11)14-5-3-4-13-8-18(9-15(13)14)12(2)22-17(19)21-18;1-10-17(21-16(19)22-10)8-11-4-2-5-12(14(11)9-17)13-6-3-7-20-15(13)18/h2-4,11-13H,5-10H2,1H3,(H2,21,24);3-7,10-11H,8-9H2,1H3,(H2,19,22);3-8,11H,9-10H2,1-2H3,(H2,19,21);3-6,9-10,12H,7-8H2,1-2H3,(H2,19,21);3-7,10,12H,8-9H2,1-2H3,(H2,19,21);2-7,10H,8-9H2,1H3,(H2,18,20)(H2,19,21)/t13-,20-;2*11-,18-;2*12-,18-;10-,17-/m111111/s1. The zero-order chi connectivity index (χ0) is 96.4. The lowest BCUT2D eigenvalue weighted by molar-refractivity contribution is 0.122. The third-order valence-electron chi connectivity index (χ3n) is 30.2. The van der Waals surface area contributed by atoms with Crippen LogP contribution in [0.2, 0.25) is 0 Å². The first-order valence-electron chi connectivity index (χ1n) is 47.4. The van der Waals surface area contributed by atoms with E-state index in [0.29, 0.717) is 47.5 Å². The number of ether oxygens (including phenoxy) is 8. The van der Waals surface area contributed by atoms with Crippen LogP contribution in [0.15, 0.2) is 244 Å². The number of nitrogens with zero attached hydrogens (tertiary/aromatic N) is 15. The van der Waals surface area contributed by atoms with Crippen LogP contribution in [0.3, 0.4) is 0 Å². The van der Waals surface area contributed by atoms with Crippen LogP contribution < -0.4 is 49.8 Å². The summed E-state index contributed by atoms with van der Waals surface area (Å²) in [5, 5.41) is 0. The van der Waals surface area contributed by atoms with Crippen molar-refractivity contribution in [3.05, 3.63) is 303 Å². The summed E-state index contributed by atoms with van der Waals surface area (Å²) in [4.78, 5) is 64.3. The number of morpholine rings is 1. The first-order chi connectivity index (χ1) is 67.1. The molecule has 0 unspecified atom stereocenters. The predicted molar refractivity (Wildman–Crippen MR) is 539 cm³/mol. The van der Waals surface area contributed by atoms with Crippen molar-refractivity contribution in [2.24, 2.45) is 64.4 Å². The van der Waals surface area contributed by atoms with E-state index in [-0.39, 0.29) is 75.9 Å². The van der Waals surface area contributed by atoms with Gasteiger partial charge in [-0.3, -0.25) is 19.9 Å². The Bertz CT molecular complexity index is 6940. The van der Waals surface area contributed by atoms with Crippen LogP contribution in [0.25, 0.3) is 71.7 Å². The minimum Gasteiger partial charge on any atom is -0.481 e. The highest BCUT2D eigenvalue weighted by molar-refractivity contribution is 5.85. The molecule has 6 spiro atoms. The number of benzene rings is 6. The number of anilines is 2. The Morgan fingerprint density at radius 3 is 1.10 bits per heavy atom. The normalized spacial score (nSPS) is 25.8. The van der Waals surface area contributed by atoms with Crippen LogP contribution in [0.1, 0.15) is 119 Å². The number of rotatable bonds is 8. The lowest BCUT2D eigenvalue weighted by Crippen LogP contribution is -2.37. The van der Waals surface area contributed by atoms with E-state index in [0.717, 1.165) is 159 Å². The number of hydrogen-bond acceptors (Lipinski definition) is 29. The topological polar surface area (TPSA) is 428 Å². The van der Waals surface area contributed by atoms with Crippen molar-refractivity contribution in [3.8, 4) is 72.8 Å². The number of amidine groups is 6. The number of hydrogen-bond donors (Lipinski definition) is 7. The van der Waals surface area contributed by atoms with Gasteiger partial charge in [-0.2, -0.15) is 0 Å². The molecule has 0 bridgehead atoms. The number of methoxy groups -OCH3 is 1. The predicted octanol–water partition coefficient (Wildman–Crippen LogP) is 13.9. The number of aliphatic imine (C=N–C) groups is 6. The van der Waals surface area contributed by atoms with Gasteiger partial charge in [-0.25, -0.2) is 49.8 Å². The maximum absolute atomic E-state index is 7.39. The highest BCUT2D eigenvalue weighted by Crippen LogP contribution is 2.52. The molecule has 7 aliphatic heterocycles. The van der Waals surface area contributed by atoms with Gasteiger partial charge in [-0.1, -0.05) is 109 Å². The van der Waals surface area contributed by atoms with Gasteiger partial charge in [0.15, 0.2) is 5.69 Å². The average molecular weight is 1860 g/mol. The fourth-order valence-electron chi connectivity index (χ4n) is 22.7. The van der Waals surface area contributed by atoms with Gasteiger partial charge in [0.1, 0.15) is 81.5 Å². The SMILES string of the molecule is COc1ncccc1-c1cccc2c1C[C@@]1(C2)N=C(N)O[C@@H]1C.C[C@H]1OC(N)=N[C@@]12Cc1cccc(-c3cccnc3N)c1C2.C[C@H]1OC(N)=N[C@@]12Cc1cccc(-c3cncc(N4CCOCC4)n3)c1C2.Cc1ccncc1-c1cccc2c1C[C@@]1(C2)N=C(N)O[C@@H]1C.Cc1cncc(-c2cccc3c2C[C@@]2(C3)N=C(N)O[C@@H]2C)c1.[C-]#[N+]c1ccncc1-c1cccc2c1C[C@@]1(C2)N=C(N)O[C@@H]1C. The monoisotopic (exact) mass is 1860 g/mol. The molecule has 13 aliphatic rings. The minimum atomic E-state index is -0.316. The van der Waals surface area contributed by atoms with E-state index in [2.05, 4.69) is 213 Å². The van der Waals surface area contributed by atoms with Crippen LogP contribution in [0.4, 0.5) is 17.3 Å². The molecule has 139 heavy (non-hydrogen) atoms. The molecular weight excluding hydrogens is 1750 g/mol. The Kier molecular flexibility index (Phi) is 24.1. The molecule has 13 heterocycles. The molecule has 708 valence electrons. The molecule has 12 aromatic rings. The minimum absolute atomic E-state index is 0.0148. The first-order valence-corrected chi connectivity index (χ1v) is 47.4. The lowest BCUT2D eigenvalue weighted by atomic mass is 9.90. The second kappa shape index (κ2) is 36.6. The second-order valence-corrected chi connectivity index (χ2v) is 38.5. The number of aryl methyl sites for hydroxylation is 2. The molecule has 30 heteroatoms. The highest BCUT2D eigenvalue weighted by atomic mass is 16.5. The second-order valence-electron chi connectivity index (χ2n) is 38.5. The first kappa shape index (κ1) is 91.4. The Hall–Kier alpha value is -15.4. The molecule has 1 fully saturated rings. The lowest BCUT2D eigenvalue weighted by Gasteiger charge is -2.27. The molecule has 1 saturated heterocycles. The third kappa shape index (κ3) is 17.1. The van der Waals surface area contributed by atoms with E-state index >= 15 is 0 Å². The smallest absolute Gasteiger partial charge is 0.282 e. The summed E-state index contributed by atoms with van der Waals surface area (Å²) in [6.45, 7) is 27.0. The number of aromatic nitrogens is 7. The fourth-order valence-corrected chi connectivity index (χ4v) is 22.7. The fraction of sp³-hybridized carbons (Fsp3) is 0.339. The van der Waals surface area contributed by atoms with Crippen molar-refractivity contribution in [1.29, 1.82) is 0 Å². The molecule has 6 aromatic carbocycles. The van der Waals surface area contributed by atoms with Gasteiger partial charge in [0.05, 0.1) is 45.0 Å². The zero-order valence-electron chi connectivity index (χ0n) is 79.5. The van der Waals surface area contributed by atoms with Gasteiger partial charge in [-0.15, -0.1) is 0 Å². The molecule has 0 saturated carbocycles. The van der Waals surface area contributed by atoms with E-state index in [9.17, 15) is 0 Å². The molecule has 25 rings (SSSR count). The molecule has 0 amide bonds. The number of nitrogens with two attached hydrogens (primary N) is 7. The number of fused-ring (bicyclic) bond motifs is 6. The molecule has 30 nitrogen and oxygen atoms in total. The van der Waals surface area contributed by atoms with Gasteiger partial charge in [0.25, 0.3) is 36.1 Å². The van der Waals surface area contributed by atoms with Crippen LogP contribution in [-0.2, 0) is 110 Å². The zero-order valence-corrected chi connectivity index (χ0v) is 79.5. The quantitative estimate of drug-likeness (QED) is 0.0695. The van der Waals surface area contributed by atoms with E-state index in [1.807, 2.05) is 95.2 Å². The van der Waals surface area contributed by atoms with Crippen molar-refractivity contribution in [3.63, 3.8) is 0 Å². The van der Waals surface area contributed by atoms with E-state index in [4.69, 9.17) is 89.6 Å². The van der Waals surface area contributed by atoms with Gasteiger partial charge in [0, 0.05) is 173 Å². The van der Waals surface area contributed by atoms with E-state index in [1.165, 1.54) is 94.6 Å². The molecule has 0 radical (unpaired) electrons. The Labute approximate surface area is 808 Å². The van der Waals surface area contributed by atoms with Crippen molar-refractivity contribution < 1.29 is 37.9 Å². The summed E-state index contributed by atoms with van der Waals surface area (Å²) in [5.41, 5.74) is 70.9. The summed E-state index contributed by atoms with van der Waals surface area (Å²) >= 11 is 0. The molecule has 6 aliphatic carbocycles. The van der Waals surface area contributed by atoms with Crippen LogP contribution >= 0.6 is 0 Å². The van der Waals surface area contributed by atoms with Gasteiger partial charge < -0.3 is 82.9 Å². The van der Waals surface area contributed by atoms with Gasteiger partial charge in [-0.05, 0) is 204 Å². The van der Waals surface area contributed by atoms with E-state index in [1.54, 1.807) is 38.0 Å². The summed E-state index contributed by atoms with van der Waals surface area (Å²) in [6.07, 6.45) is 28.1. The maximum Gasteiger partial charge on any atom is 0.282 e. The van der Waals surface area contributed by atoms with Gasteiger partial charge in [0.2, 0.25) is 5.88 Å². The average Bonchev–Trinajstić information content (AvgIpc) is 1.71. The number of nitrogen functional groups attached to an aromatic ring is 1. The van der Waals surface area contributed by atoms with E-state index < -0.39 is 0 Å². The summed E-state index contributed by atoms with van der Waals surface area (Å²) in [6, 6.07) is 53.9. The van der Waals surface area contributed by atoms with Crippen molar-refractivity contribution >= 4 is 53.5 Å². The van der Waals surface area contributed by atoms with Crippen molar-refractivity contribution in [2.75, 3.05) is 44.0 Å². The summed E-state index contributed by atoms with van der Waals surface area (Å²) in [7, 11) is 1.65. The highest BCUT2D eigenvalue weighted by Gasteiger charge is 2.54. The maximum atomic E-state index is 7.39. The largest absolute Gasteiger partial charge is 0.481 e. The molecule has 14 N–H and O–H groups in total. The van der Waals surface area contributed by atoms with Crippen LogP contribution in [0, 0.1) is 20.4 Å². The molecule has 6 aromatic heterocycles. The van der Waals surface area contributed by atoms with Crippen LogP contribution in [-0.4, -0.2) is 174 Å². The van der Waals surface area contributed by atoms with Crippen molar-refractivity contribution in [1.82, 2.24) is 34.9 Å². The Morgan fingerprint density at radius 1 is 0.353 bits per heavy atom. The van der Waals surface area contributed by atoms with Crippen LogP contribution in [0.5, 0.6) is 5.88 Å². The van der Waals surface area contributed by atoms with Gasteiger partial charge >= 0.3 is 0 Å². The summed E-state index contributed by atoms with van der Waals surface area (Å²) in [5.74, 6) is 2.09. The van der Waals surface area contributed by atoms with Crippen molar-refractivity contribution in [2.45, 2.75) is 202 Å². The molecular formula is C109H114N22O8. The summed E-state index contributed by atoms with van der Waals surface area (Å²) < 4.78 is 44.5.